The molecule has 4 rings (SSSR count). The Hall–Kier alpha value is -3.46. The molecule has 2 N–H and O–H groups in total. The lowest BCUT2D eigenvalue weighted by molar-refractivity contribution is -0.135. The van der Waals surface area contributed by atoms with E-state index in [-0.39, 0.29) is 29.4 Å². The molecule has 0 radical (unpaired) electrons. The van der Waals surface area contributed by atoms with Gasteiger partial charge in [0.1, 0.15) is 10.9 Å². The highest BCUT2D eigenvalue weighted by Gasteiger charge is 2.38. The summed E-state index contributed by atoms with van der Waals surface area (Å²) in [5.41, 5.74) is 8.43. The molecule has 2 amide bonds. The fourth-order valence-electron chi connectivity index (χ4n) is 5.77. The predicted molar refractivity (Wildman–Crippen MR) is 184 cm³/mol. The van der Waals surface area contributed by atoms with Crippen LogP contribution in [0.25, 0.3) is 0 Å². The number of likely N-dealkylation sites (tertiary alicyclic amines) is 1. The third-order valence-electron chi connectivity index (χ3n) is 8.54. The van der Waals surface area contributed by atoms with Crippen LogP contribution in [0.1, 0.15) is 54.4 Å². The molecule has 1 unspecified atom stereocenters. The summed E-state index contributed by atoms with van der Waals surface area (Å²) in [6.07, 6.45) is 3.84. The summed E-state index contributed by atoms with van der Waals surface area (Å²) in [5, 5.41) is 9.46. The van der Waals surface area contributed by atoms with Gasteiger partial charge in [-0.25, -0.2) is 8.42 Å². The number of primary amides is 1. The van der Waals surface area contributed by atoms with Crippen LogP contribution in [0.5, 0.6) is 0 Å². The normalized spacial score (nSPS) is 14.2. The van der Waals surface area contributed by atoms with Gasteiger partial charge in [0.25, 0.3) is 0 Å². The first kappa shape index (κ1) is 36.4. The number of amides is 2. The van der Waals surface area contributed by atoms with E-state index in [0.717, 1.165) is 47.9 Å². The number of rotatable bonds is 16. The minimum atomic E-state index is -4.42. The molecule has 3 aromatic rings. The van der Waals surface area contributed by atoms with Gasteiger partial charge in [0.05, 0.1) is 23.1 Å². The molecule has 0 bridgehead atoms. The number of hydrogen-bond donors (Lipinski definition) is 1. The highest BCUT2D eigenvalue weighted by molar-refractivity contribution is 7.89. The Morgan fingerprint density at radius 2 is 1.64 bits per heavy atom. The van der Waals surface area contributed by atoms with Crippen molar-refractivity contribution in [2.75, 3.05) is 32.7 Å². The number of halogens is 2. The second-order valence-electron chi connectivity index (χ2n) is 11.8. The largest absolute Gasteiger partial charge is 0.368 e. The van der Waals surface area contributed by atoms with Crippen LogP contribution in [-0.4, -0.2) is 73.1 Å². The van der Waals surface area contributed by atoms with Gasteiger partial charge in [-0.1, -0.05) is 65.7 Å². The van der Waals surface area contributed by atoms with E-state index in [1.54, 1.807) is 36.1 Å². The summed E-state index contributed by atoms with van der Waals surface area (Å²) in [6, 6.07) is 19.6. The molecule has 0 aromatic heterocycles. The molecule has 0 saturated carbocycles. The maximum atomic E-state index is 14.3. The van der Waals surface area contributed by atoms with E-state index in [4.69, 9.17) is 28.9 Å². The van der Waals surface area contributed by atoms with E-state index >= 15 is 0 Å². The van der Waals surface area contributed by atoms with Gasteiger partial charge in [0.2, 0.25) is 21.8 Å². The van der Waals surface area contributed by atoms with Crippen LogP contribution in [0.2, 0.25) is 10.0 Å². The van der Waals surface area contributed by atoms with E-state index in [1.807, 2.05) is 30.3 Å². The van der Waals surface area contributed by atoms with Crippen LogP contribution in [0.15, 0.2) is 71.6 Å². The van der Waals surface area contributed by atoms with Crippen molar-refractivity contribution in [1.29, 1.82) is 5.26 Å². The molecule has 1 fully saturated rings. The van der Waals surface area contributed by atoms with E-state index in [2.05, 4.69) is 11.0 Å². The molecule has 1 saturated heterocycles. The van der Waals surface area contributed by atoms with Crippen molar-refractivity contribution in [1.82, 2.24) is 14.1 Å². The van der Waals surface area contributed by atoms with Gasteiger partial charge in [-0.15, -0.1) is 0 Å². The van der Waals surface area contributed by atoms with Crippen LogP contribution >= 0.6 is 23.2 Å². The number of nitrogens with two attached hydrogens (primary N) is 1. The number of unbranched alkanes of at least 4 members (excludes halogenated alkanes) is 1. The monoisotopic (exact) mass is 697 g/mol. The zero-order chi connectivity index (χ0) is 34.0. The van der Waals surface area contributed by atoms with Crippen molar-refractivity contribution in [2.24, 2.45) is 5.73 Å². The number of benzene rings is 3. The number of hydrogen-bond acceptors (Lipinski definition) is 6. The molecular weight excluding hydrogens is 657 g/mol. The van der Waals surface area contributed by atoms with E-state index in [1.165, 1.54) is 25.0 Å². The SMILES string of the molecule is Cc1c(Cl)ccc(S(=O)(=O)N(CCc2ccccc2)C(CC(=O)N(CCCCN2CCCC2)Cc2ccc(C#N)cc2)C(N)=O)c1Cl. The average molecular weight is 699 g/mol. The molecule has 0 aliphatic carbocycles. The van der Waals surface area contributed by atoms with Gasteiger partial charge >= 0.3 is 0 Å². The molecule has 1 heterocycles. The molecule has 3 aromatic carbocycles. The first-order chi connectivity index (χ1) is 22.5. The first-order valence-electron chi connectivity index (χ1n) is 15.8. The summed E-state index contributed by atoms with van der Waals surface area (Å²) >= 11 is 12.7. The van der Waals surface area contributed by atoms with E-state index < -0.39 is 34.3 Å². The van der Waals surface area contributed by atoms with Crippen molar-refractivity contribution >= 4 is 45.0 Å². The average Bonchev–Trinajstić information content (AvgIpc) is 3.58. The van der Waals surface area contributed by atoms with Gasteiger partial charge in [0, 0.05) is 24.7 Å². The summed E-state index contributed by atoms with van der Waals surface area (Å²) in [5.74, 6) is -1.35. The minimum absolute atomic E-state index is 0.0581. The lowest BCUT2D eigenvalue weighted by Crippen LogP contribution is -2.51. The third kappa shape index (κ3) is 9.78. The summed E-state index contributed by atoms with van der Waals surface area (Å²) < 4.78 is 29.5. The lowest BCUT2D eigenvalue weighted by atomic mass is 10.1. The van der Waals surface area contributed by atoms with E-state index in [9.17, 15) is 23.3 Å². The second-order valence-corrected chi connectivity index (χ2v) is 14.5. The molecule has 47 heavy (non-hydrogen) atoms. The number of carbonyl (C=O) groups excluding carboxylic acids is 2. The van der Waals surface area contributed by atoms with Gasteiger partial charge < -0.3 is 15.5 Å². The zero-order valence-electron chi connectivity index (χ0n) is 26.6. The number of carbonyl (C=O) groups is 2. The van der Waals surface area contributed by atoms with Crippen LogP contribution in [0, 0.1) is 18.3 Å². The second kappa shape index (κ2) is 17.1. The van der Waals surface area contributed by atoms with Crippen molar-refractivity contribution in [3.05, 3.63) is 99.0 Å². The highest BCUT2D eigenvalue weighted by atomic mass is 35.5. The Labute approximate surface area is 287 Å². The zero-order valence-corrected chi connectivity index (χ0v) is 28.9. The number of sulfonamides is 1. The van der Waals surface area contributed by atoms with Crippen LogP contribution in [0.3, 0.4) is 0 Å². The Morgan fingerprint density at radius 3 is 2.28 bits per heavy atom. The van der Waals surface area contributed by atoms with Gasteiger partial charge in [-0.2, -0.15) is 9.57 Å². The Kier molecular flexibility index (Phi) is 13.2. The maximum absolute atomic E-state index is 14.3. The van der Waals surface area contributed by atoms with Crippen molar-refractivity contribution in [3.63, 3.8) is 0 Å². The van der Waals surface area contributed by atoms with Gasteiger partial charge in [0.15, 0.2) is 0 Å². The topological polar surface area (TPSA) is 128 Å². The van der Waals surface area contributed by atoms with Gasteiger partial charge in [-0.05, 0) is 99.6 Å². The van der Waals surface area contributed by atoms with Crippen LogP contribution in [-0.2, 0) is 32.6 Å². The fraction of sp³-hybridized carbons (Fsp3) is 0.400. The van der Waals surface area contributed by atoms with Crippen molar-refractivity contribution < 1.29 is 18.0 Å². The molecule has 250 valence electrons. The first-order valence-corrected chi connectivity index (χ1v) is 18.0. The highest BCUT2D eigenvalue weighted by Crippen LogP contribution is 2.33. The Morgan fingerprint density at radius 1 is 0.957 bits per heavy atom. The molecule has 1 aliphatic rings. The summed E-state index contributed by atoms with van der Waals surface area (Å²) in [4.78, 5) is 31.0. The minimum Gasteiger partial charge on any atom is -0.368 e. The van der Waals surface area contributed by atoms with Crippen molar-refractivity contribution in [2.45, 2.75) is 62.9 Å². The van der Waals surface area contributed by atoms with Crippen molar-refractivity contribution in [3.8, 4) is 6.07 Å². The van der Waals surface area contributed by atoms with Crippen LogP contribution < -0.4 is 5.73 Å². The Bertz CT molecular complexity index is 1670. The molecular formula is C35H41Cl2N5O4S. The standard InChI is InChI=1S/C35H41Cl2N5O4S/c1-26-30(36)15-16-32(34(26)37)47(45,46)42(22-17-27-9-3-2-4-10-27)31(35(39)44)23-33(43)41(21-8-7-20-40-18-5-6-19-40)25-29-13-11-28(24-38)12-14-29/h2-4,9-16,31H,5-8,17-23,25H2,1H3,(H2,39,44). The Balaban J connectivity index is 1.62. The molecule has 9 nitrogen and oxygen atoms in total. The molecule has 12 heteroatoms. The lowest BCUT2D eigenvalue weighted by Gasteiger charge is -2.31. The van der Waals surface area contributed by atoms with Crippen LogP contribution in [0.4, 0.5) is 0 Å². The quantitative estimate of drug-likeness (QED) is 0.195. The molecule has 0 spiro atoms. The molecule has 1 atom stereocenters. The van der Waals surface area contributed by atoms with Gasteiger partial charge in [-0.3, -0.25) is 9.59 Å². The third-order valence-corrected chi connectivity index (χ3v) is 11.5. The van der Waals surface area contributed by atoms with E-state index in [0.29, 0.717) is 22.7 Å². The maximum Gasteiger partial charge on any atom is 0.245 e. The summed E-state index contributed by atoms with van der Waals surface area (Å²) in [7, 11) is -4.42. The predicted octanol–water partition coefficient (Wildman–Crippen LogP) is 5.56. The fourth-order valence-corrected chi connectivity index (χ4v) is 8.15. The molecule has 1 aliphatic heterocycles. The summed E-state index contributed by atoms with van der Waals surface area (Å²) in [6.45, 7) is 5.25. The smallest absolute Gasteiger partial charge is 0.245 e. The number of nitriles is 1. The number of nitrogens with zero attached hydrogens (tertiary/aromatic N) is 4.